The van der Waals surface area contributed by atoms with Crippen molar-refractivity contribution < 1.29 is 29.0 Å². The fraction of sp³-hybridized carbons (Fsp3) is 0.588. The Kier molecular flexibility index (Phi) is 3.30. The van der Waals surface area contributed by atoms with Crippen molar-refractivity contribution >= 4 is 17.7 Å². The van der Waals surface area contributed by atoms with Crippen LogP contribution < -0.4 is 0 Å². The average molecular weight is 320 g/mol. The summed E-state index contributed by atoms with van der Waals surface area (Å²) in [5, 5.41) is 10.8. The van der Waals surface area contributed by atoms with E-state index in [9.17, 15) is 19.5 Å². The highest BCUT2D eigenvalue weighted by molar-refractivity contribution is 5.97. The Hall–Kier alpha value is -1.95. The van der Waals surface area contributed by atoms with Crippen LogP contribution in [0.25, 0.3) is 0 Å². The summed E-state index contributed by atoms with van der Waals surface area (Å²) in [4.78, 5) is 36.0. The summed E-state index contributed by atoms with van der Waals surface area (Å²) in [7, 11) is 0. The van der Waals surface area contributed by atoms with E-state index in [4.69, 9.17) is 9.47 Å². The summed E-state index contributed by atoms with van der Waals surface area (Å²) in [6, 6.07) is 0. The number of hydrogen-bond donors (Lipinski definition) is 1. The summed E-state index contributed by atoms with van der Waals surface area (Å²) in [5.74, 6) is -2.39. The molecule has 0 aromatic rings. The number of hydrogen-bond acceptors (Lipinski definition) is 6. The highest BCUT2D eigenvalue weighted by atomic mass is 16.6. The number of esters is 2. The van der Waals surface area contributed by atoms with Gasteiger partial charge < -0.3 is 14.6 Å². The number of carbonyl (C=O) groups excluding carboxylic acids is 3. The van der Waals surface area contributed by atoms with Crippen molar-refractivity contribution in [2.75, 3.05) is 0 Å². The minimum absolute atomic E-state index is 0.168. The molecule has 6 heteroatoms. The molecule has 0 aromatic carbocycles. The Balaban J connectivity index is 2.12. The van der Waals surface area contributed by atoms with Gasteiger partial charge in [0.15, 0.2) is 5.78 Å². The molecule has 0 amide bonds. The van der Waals surface area contributed by atoms with Crippen LogP contribution in [0.1, 0.15) is 27.2 Å². The van der Waals surface area contributed by atoms with Crippen LogP contribution >= 0.6 is 0 Å². The minimum atomic E-state index is -1.31. The molecule has 2 aliphatic carbocycles. The van der Waals surface area contributed by atoms with Gasteiger partial charge in [-0.1, -0.05) is 13.5 Å². The van der Waals surface area contributed by atoms with Gasteiger partial charge in [-0.05, 0) is 25.5 Å². The molecule has 0 bridgehead atoms. The number of fused-ring (bicyclic) bond motifs is 3. The lowest BCUT2D eigenvalue weighted by molar-refractivity contribution is -0.188. The van der Waals surface area contributed by atoms with Crippen molar-refractivity contribution in [3.05, 3.63) is 24.3 Å². The summed E-state index contributed by atoms with van der Waals surface area (Å²) >= 11 is 0. The molecular formula is C17H20O6. The molecule has 23 heavy (non-hydrogen) atoms. The van der Waals surface area contributed by atoms with Gasteiger partial charge >= 0.3 is 11.9 Å². The molecule has 1 saturated carbocycles. The molecule has 1 N–H and O–H groups in total. The third kappa shape index (κ3) is 2.16. The van der Waals surface area contributed by atoms with Crippen molar-refractivity contribution in [3.8, 4) is 0 Å². The number of carbonyl (C=O) groups is 3. The van der Waals surface area contributed by atoms with Crippen molar-refractivity contribution in [2.24, 2.45) is 17.3 Å². The van der Waals surface area contributed by atoms with Gasteiger partial charge in [-0.15, -0.1) is 0 Å². The van der Waals surface area contributed by atoms with Gasteiger partial charge in [-0.3, -0.25) is 9.59 Å². The van der Waals surface area contributed by atoms with Gasteiger partial charge in [0.2, 0.25) is 0 Å². The lowest BCUT2D eigenvalue weighted by atomic mass is 9.53. The molecule has 0 unspecified atom stereocenters. The molecule has 3 aliphatic rings. The standard InChI is InChI=1S/C17H20O6/c1-8-12-10(22-9(2)18)7-16(3)11(19)5-6-17(4,21)14(16)13(12)23-15(8)20/h5-6,10,12-14,21H,1,7H2,2-4H3/t10-,12-,13+,14+,16-,17+/m0/s1. The molecule has 6 nitrogen and oxygen atoms in total. The fourth-order valence-corrected chi connectivity index (χ4v) is 4.45. The average Bonchev–Trinajstić information content (AvgIpc) is 2.69. The summed E-state index contributed by atoms with van der Waals surface area (Å²) in [6.45, 7) is 8.35. The Labute approximate surface area is 134 Å². The highest BCUT2D eigenvalue weighted by Gasteiger charge is 2.65. The van der Waals surface area contributed by atoms with E-state index in [0.29, 0.717) is 0 Å². The van der Waals surface area contributed by atoms with Crippen LogP contribution in [-0.2, 0) is 23.9 Å². The van der Waals surface area contributed by atoms with E-state index in [-0.39, 0.29) is 17.8 Å². The highest BCUT2D eigenvalue weighted by Crippen LogP contribution is 2.56. The van der Waals surface area contributed by atoms with E-state index >= 15 is 0 Å². The zero-order valence-electron chi connectivity index (χ0n) is 13.4. The lowest BCUT2D eigenvalue weighted by Crippen LogP contribution is -2.62. The van der Waals surface area contributed by atoms with Crippen LogP contribution in [0.5, 0.6) is 0 Å². The summed E-state index contributed by atoms with van der Waals surface area (Å²) in [5.41, 5.74) is -2.07. The number of ketones is 1. The second-order valence-corrected chi connectivity index (χ2v) is 7.09. The zero-order valence-corrected chi connectivity index (χ0v) is 13.4. The first kappa shape index (κ1) is 15.9. The van der Waals surface area contributed by atoms with E-state index in [1.807, 2.05) is 0 Å². The SMILES string of the molecule is C=C1C(=O)O[C@@H]2[C@@H]1[C@@H](OC(C)=O)C[C@@]1(C)C(=O)C=C[C@@](C)(O)[C@H]21. The Morgan fingerprint density at radius 3 is 2.70 bits per heavy atom. The lowest BCUT2D eigenvalue weighted by Gasteiger charge is -2.53. The fourth-order valence-electron chi connectivity index (χ4n) is 4.45. The van der Waals surface area contributed by atoms with Gasteiger partial charge in [0.25, 0.3) is 0 Å². The Bertz CT molecular complexity index is 645. The van der Waals surface area contributed by atoms with E-state index in [2.05, 4.69) is 6.58 Å². The molecular weight excluding hydrogens is 300 g/mol. The van der Waals surface area contributed by atoms with E-state index < -0.39 is 47.0 Å². The summed E-state index contributed by atoms with van der Waals surface area (Å²) < 4.78 is 10.8. The van der Waals surface area contributed by atoms with Gasteiger partial charge in [0.1, 0.15) is 12.2 Å². The van der Waals surface area contributed by atoms with Crippen LogP contribution in [0.15, 0.2) is 24.3 Å². The molecule has 1 saturated heterocycles. The number of aliphatic hydroxyl groups is 1. The van der Waals surface area contributed by atoms with Gasteiger partial charge in [-0.25, -0.2) is 4.79 Å². The zero-order chi connectivity index (χ0) is 17.2. The quantitative estimate of drug-likeness (QED) is 0.571. The van der Waals surface area contributed by atoms with Crippen molar-refractivity contribution in [1.82, 2.24) is 0 Å². The molecule has 2 fully saturated rings. The molecule has 0 spiro atoms. The van der Waals surface area contributed by atoms with Crippen molar-refractivity contribution in [1.29, 1.82) is 0 Å². The van der Waals surface area contributed by atoms with Gasteiger partial charge in [0, 0.05) is 23.8 Å². The van der Waals surface area contributed by atoms with Crippen LogP contribution in [0, 0.1) is 17.3 Å². The first-order valence-electron chi connectivity index (χ1n) is 7.61. The van der Waals surface area contributed by atoms with Gasteiger partial charge in [0.05, 0.1) is 11.5 Å². The second-order valence-electron chi connectivity index (χ2n) is 7.09. The monoisotopic (exact) mass is 320 g/mol. The molecule has 3 rings (SSSR count). The normalized spacial score (nSPS) is 45.3. The van der Waals surface area contributed by atoms with Crippen LogP contribution in [0.2, 0.25) is 0 Å². The molecule has 0 radical (unpaired) electrons. The first-order chi connectivity index (χ1) is 10.6. The molecule has 124 valence electrons. The van der Waals surface area contributed by atoms with Crippen molar-refractivity contribution in [3.63, 3.8) is 0 Å². The number of allylic oxidation sites excluding steroid dienone is 1. The van der Waals surface area contributed by atoms with E-state index in [0.717, 1.165) is 0 Å². The molecule has 6 atom stereocenters. The number of ether oxygens (including phenoxy) is 2. The largest absolute Gasteiger partial charge is 0.462 e. The van der Waals surface area contributed by atoms with Crippen LogP contribution in [0.4, 0.5) is 0 Å². The van der Waals surface area contributed by atoms with Crippen molar-refractivity contribution in [2.45, 2.75) is 45.0 Å². The Morgan fingerprint density at radius 1 is 1.43 bits per heavy atom. The van der Waals surface area contributed by atoms with E-state index in [1.54, 1.807) is 13.8 Å². The minimum Gasteiger partial charge on any atom is -0.462 e. The third-order valence-corrected chi connectivity index (χ3v) is 5.38. The summed E-state index contributed by atoms with van der Waals surface area (Å²) in [6.07, 6.45) is 1.59. The predicted molar refractivity (Wildman–Crippen MR) is 79.0 cm³/mol. The molecule has 1 aliphatic heterocycles. The maximum Gasteiger partial charge on any atom is 0.334 e. The molecule has 0 aromatic heterocycles. The Morgan fingerprint density at radius 2 is 2.09 bits per heavy atom. The maximum absolute atomic E-state index is 12.5. The van der Waals surface area contributed by atoms with E-state index in [1.165, 1.54) is 19.1 Å². The maximum atomic E-state index is 12.5. The predicted octanol–water partition coefficient (Wildman–Crippen LogP) is 0.932. The number of rotatable bonds is 1. The van der Waals surface area contributed by atoms with Gasteiger partial charge in [-0.2, -0.15) is 0 Å². The topological polar surface area (TPSA) is 89.9 Å². The molecule has 1 heterocycles. The first-order valence-corrected chi connectivity index (χ1v) is 7.61. The second kappa shape index (κ2) is 4.77. The van der Waals surface area contributed by atoms with Crippen LogP contribution in [-0.4, -0.2) is 40.6 Å². The third-order valence-electron chi connectivity index (χ3n) is 5.38. The smallest absolute Gasteiger partial charge is 0.334 e. The van der Waals surface area contributed by atoms with Crippen LogP contribution in [0.3, 0.4) is 0 Å².